The van der Waals surface area contributed by atoms with Gasteiger partial charge in [0.15, 0.2) is 5.75 Å². The van der Waals surface area contributed by atoms with Gasteiger partial charge in [-0.1, -0.05) is 18.2 Å². The van der Waals surface area contributed by atoms with E-state index in [0.29, 0.717) is 5.57 Å². The van der Waals surface area contributed by atoms with Crippen LogP contribution in [0.2, 0.25) is 0 Å². The highest BCUT2D eigenvalue weighted by Gasteiger charge is 2.24. The largest absolute Gasteiger partial charge is 0.438 e. The summed E-state index contributed by atoms with van der Waals surface area (Å²) in [5.41, 5.74) is 3.91. The molecule has 0 aromatic heterocycles. The average Bonchev–Trinajstić information content (AvgIpc) is 3.08. The third-order valence-corrected chi connectivity index (χ3v) is 6.07. The van der Waals surface area contributed by atoms with Crippen LogP contribution in [0, 0.1) is 30.6 Å². The second kappa shape index (κ2) is 7.00. The summed E-state index contributed by atoms with van der Waals surface area (Å²) in [5, 5.41) is 22.8. The number of ether oxygens (including phenoxy) is 1. The molecule has 0 atom stereocenters. The van der Waals surface area contributed by atoms with Crippen molar-refractivity contribution in [1.29, 1.82) is 10.7 Å². The van der Waals surface area contributed by atoms with Crippen LogP contribution >= 0.6 is 0 Å². The molecule has 0 unspecified atom stereocenters. The molecule has 1 aliphatic rings. The Hall–Kier alpha value is -4.10. The van der Waals surface area contributed by atoms with Crippen molar-refractivity contribution in [1.82, 2.24) is 0 Å². The third kappa shape index (κ3) is 3.03. The summed E-state index contributed by atoms with van der Waals surface area (Å²) in [5.74, 6) is 1.72. The first-order valence-electron chi connectivity index (χ1n) is 10.1. The highest BCUT2D eigenvalue weighted by Crippen LogP contribution is 2.40. The average molecular weight is 403 g/mol. The van der Waals surface area contributed by atoms with Crippen molar-refractivity contribution in [3.8, 4) is 11.8 Å². The Kier molecular flexibility index (Phi) is 4.27. The Morgan fingerprint density at radius 2 is 1.58 bits per heavy atom. The van der Waals surface area contributed by atoms with Crippen molar-refractivity contribution in [2.45, 2.75) is 13.8 Å². The number of fused-ring (bicyclic) bond motifs is 3. The van der Waals surface area contributed by atoms with Gasteiger partial charge in [0.05, 0.1) is 11.3 Å². The van der Waals surface area contributed by atoms with Gasteiger partial charge >= 0.3 is 0 Å². The normalized spacial score (nSPS) is 15.5. The Morgan fingerprint density at radius 3 is 2.29 bits per heavy atom. The predicted octanol–water partition coefficient (Wildman–Crippen LogP) is 4.53. The molecule has 1 N–H and O–H groups in total. The second-order valence-corrected chi connectivity index (χ2v) is 8.02. The highest BCUT2D eigenvalue weighted by atomic mass is 16.5. The quantitative estimate of drug-likeness (QED) is 0.375. The molecule has 0 bridgehead atoms. The molecule has 0 radical (unpaired) electrons. The van der Waals surface area contributed by atoms with Gasteiger partial charge in [-0.15, -0.1) is 0 Å². The zero-order valence-corrected chi connectivity index (χ0v) is 17.7. The van der Waals surface area contributed by atoms with Crippen molar-refractivity contribution in [3.63, 3.8) is 0 Å². The van der Waals surface area contributed by atoms with E-state index in [-0.39, 0.29) is 0 Å². The van der Waals surface area contributed by atoms with Crippen molar-refractivity contribution < 1.29 is 4.74 Å². The van der Waals surface area contributed by atoms with E-state index < -0.39 is 0 Å². The molecule has 0 spiro atoms. The standard InChI is InChI=1S/C27H21N3O/c1-16-8-25-26(9-17(16)2)31-27(30(25)3)21-7-6-19-10-22-12-20(24(14-28)15-29)5-4-18(22)11-23(19)13-21/h4-14,28H,1-3H3/b24-20-,27-21+,28-14?. The first kappa shape index (κ1) is 18.9. The van der Waals surface area contributed by atoms with Crippen LogP contribution in [0.1, 0.15) is 11.1 Å². The van der Waals surface area contributed by atoms with Crippen LogP contribution < -0.4 is 20.1 Å². The molecule has 150 valence electrons. The van der Waals surface area contributed by atoms with E-state index >= 15 is 0 Å². The molecule has 4 heteroatoms. The van der Waals surface area contributed by atoms with Crippen LogP contribution in [0.4, 0.5) is 5.69 Å². The van der Waals surface area contributed by atoms with Crippen LogP contribution in [0.5, 0.6) is 5.75 Å². The van der Waals surface area contributed by atoms with Crippen LogP contribution in [-0.4, -0.2) is 13.3 Å². The Bertz CT molecular complexity index is 1570. The summed E-state index contributed by atoms with van der Waals surface area (Å²) in [7, 11) is 2.04. The van der Waals surface area contributed by atoms with E-state index in [9.17, 15) is 5.26 Å². The van der Waals surface area contributed by atoms with E-state index in [1.807, 2.05) is 25.2 Å². The van der Waals surface area contributed by atoms with Gasteiger partial charge in [0.1, 0.15) is 6.07 Å². The van der Waals surface area contributed by atoms with Gasteiger partial charge in [-0.05, 0) is 94.2 Å². The Labute approximate surface area is 180 Å². The number of nitriles is 1. The smallest absolute Gasteiger partial charge is 0.207 e. The fraction of sp³-hybridized carbons (Fsp3) is 0.111. The predicted molar refractivity (Wildman–Crippen MR) is 127 cm³/mol. The number of nitrogens with zero attached hydrogens (tertiary/aromatic N) is 2. The molecule has 4 aromatic carbocycles. The lowest BCUT2D eigenvalue weighted by atomic mass is 10.0. The zero-order valence-electron chi connectivity index (χ0n) is 17.7. The zero-order chi connectivity index (χ0) is 21.7. The van der Waals surface area contributed by atoms with Crippen LogP contribution in [-0.2, 0) is 0 Å². The summed E-state index contributed by atoms with van der Waals surface area (Å²) >= 11 is 0. The first-order valence-corrected chi connectivity index (χ1v) is 10.1. The molecule has 1 heterocycles. The van der Waals surface area contributed by atoms with E-state index in [2.05, 4.69) is 67.3 Å². The van der Waals surface area contributed by atoms with E-state index in [1.54, 1.807) is 0 Å². The summed E-state index contributed by atoms with van der Waals surface area (Å²) in [6, 6.07) is 22.8. The molecule has 5 rings (SSSR count). The van der Waals surface area contributed by atoms with Crippen LogP contribution in [0.3, 0.4) is 0 Å². The second-order valence-electron chi connectivity index (χ2n) is 8.02. The van der Waals surface area contributed by atoms with Crippen molar-refractivity contribution in [3.05, 3.63) is 82.2 Å². The number of anilines is 1. The number of nitrogens with one attached hydrogen (secondary N) is 1. The van der Waals surface area contributed by atoms with Gasteiger partial charge < -0.3 is 15.0 Å². The number of benzene rings is 4. The van der Waals surface area contributed by atoms with Gasteiger partial charge in [0.25, 0.3) is 0 Å². The summed E-state index contributed by atoms with van der Waals surface area (Å²) in [4.78, 5) is 2.10. The van der Waals surface area contributed by atoms with Gasteiger partial charge in [-0.3, -0.25) is 0 Å². The maximum absolute atomic E-state index is 9.22. The minimum Gasteiger partial charge on any atom is -0.438 e. The van der Waals surface area contributed by atoms with Crippen LogP contribution in [0.15, 0.2) is 60.7 Å². The molecule has 0 saturated carbocycles. The minimum atomic E-state index is 0.361. The summed E-state index contributed by atoms with van der Waals surface area (Å²) < 4.78 is 6.23. The molecule has 0 aliphatic carbocycles. The SMILES string of the molecule is Cc1cc2c(cc1C)N(C)/C(=c1/ccc3cc4c/c(=C(\C#N)C=N)ccc4cc3c1)O2. The van der Waals surface area contributed by atoms with Gasteiger partial charge in [-0.25, -0.2) is 0 Å². The van der Waals surface area contributed by atoms with Crippen molar-refractivity contribution >= 4 is 44.9 Å². The highest BCUT2D eigenvalue weighted by molar-refractivity contribution is 6.07. The molecule has 0 amide bonds. The Balaban J connectivity index is 1.68. The maximum atomic E-state index is 9.22. The first-order chi connectivity index (χ1) is 15.0. The number of aryl methyl sites for hydroxylation is 2. The van der Waals surface area contributed by atoms with Gasteiger partial charge in [0.2, 0.25) is 5.88 Å². The lowest BCUT2D eigenvalue weighted by molar-refractivity contribution is 0.521. The minimum absolute atomic E-state index is 0.361. The lowest BCUT2D eigenvalue weighted by Gasteiger charge is -2.12. The van der Waals surface area contributed by atoms with E-state index in [0.717, 1.165) is 55.5 Å². The number of hydrogen-bond acceptors (Lipinski definition) is 4. The van der Waals surface area contributed by atoms with Gasteiger partial charge in [0, 0.05) is 18.5 Å². The third-order valence-electron chi connectivity index (χ3n) is 6.07. The molecule has 1 aliphatic heterocycles. The summed E-state index contributed by atoms with van der Waals surface area (Å²) in [6.07, 6.45) is 1.10. The van der Waals surface area contributed by atoms with Gasteiger partial charge in [-0.2, -0.15) is 5.26 Å². The van der Waals surface area contributed by atoms with E-state index in [4.69, 9.17) is 10.1 Å². The number of hydrogen-bond donors (Lipinski definition) is 1. The topological polar surface area (TPSA) is 60.1 Å². The van der Waals surface area contributed by atoms with Crippen molar-refractivity contribution in [2.24, 2.45) is 0 Å². The molecular formula is C27H21N3O. The molecular weight excluding hydrogens is 382 g/mol. The number of rotatable bonds is 1. The molecule has 4 aromatic rings. The lowest BCUT2D eigenvalue weighted by Crippen LogP contribution is -2.21. The Morgan fingerprint density at radius 1 is 0.903 bits per heavy atom. The molecule has 0 fully saturated rings. The van der Waals surface area contributed by atoms with E-state index in [1.165, 1.54) is 11.1 Å². The molecule has 0 saturated heterocycles. The monoisotopic (exact) mass is 403 g/mol. The fourth-order valence-corrected chi connectivity index (χ4v) is 4.13. The summed E-state index contributed by atoms with van der Waals surface area (Å²) in [6.45, 7) is 4.22. The van der Waals surface area contributed by atoms with Crippen LogP contribution in [0.25, 0.3) is 33.0 Å². The fourth-order valence-electron chi connectivity index (χ4n) is 4.13. The maximum Gasteiger partial charge on any atom is 0.207 e. The molecule has 31 heavy (non-hydrogen) atoms. The van der Waals surface area contributed by atoms with Crippen molar-refractivity contribution in [2.75, 3.05) is 11.9 Å². The molecule has 4 nitrogen and oxygen atoms in total.